The fourth-order valence-electron chi connectivity index (χ4n) is 3.37. The zero-order valence-corrected chi connectivity index (χ0v) is 17.5. The molecule has 28 heavy (non-hydrogen) atoms. The Hall–Kier alpha value is -2.10. The monoisotopic (exact) mass is 411 g/mol. The van der Waals surface area contributed by atoms with E-state index in [2.05, 4.69) is 21.5 Å². The van der Waals surface area contributed by atoms with E-state index >= 15 is 0 Å². The van der Waals surface area contributed by atoms with Gasteiger partial charge in [0.25, 0.3) is 5.91 Å². The molecule has 1 unspecified atom stereocenters. The summed E-state index contributed by atoms with van der Waals surface area (Å²) in [6.45, 7) is 7.90. The van der Waals surface area contributed by atoms with E-state index in [9.17, 15) is 13.2 Å². The van der Waals surface area contributed by atoms with Gasteiger partial charge in [0.2, 0.25) is 10.0 Å². The van der Waals surface area contributed by atoms with Crippen molar-refractivity contribution in [3.63, 3.8) is 0 Å². The molecule has 1 amide bonds. The SMILES string of the molecule is C=CCN1CCCC1CNC(=O)c1cc(OC)c(OC)c(S(=O)(=O)NCC)c1. The van der Waals surface area contributed by atoms with Crippen LogP contribution in [0.1, 0.15) is 30.1 Å². The van der Waals surface area contributed by atoms with Crippen LogP contribution in [0.15, 0.2) is 29.7 Å². The van der Waals surface area contributed by atoms with E-state index in [0.29, 0.717) is 6.54 Å². The number of amides is 1. The van der Waals surface area contributed by atoms with Crippen LogP contribution in [0.25, 0.3) is 0 Å². The Morgan fingerprint density at radius 1 is 1.36 bits per heavy atom. The van der Waals surface area contributed by atoms with E-state index in [1.165, 1.54) is 26.4 Å². The molecule has 1 heterocycles. The van der Waals surface area contributed by atoms with Crippen LogP contribution in [0.5, 0.6) is 11.5 Å². The van der Waals surface area contributed by atoms with Gasteiger partial charge in [-0.3, -0.25) is 9.69 Å². The van der Waals surface area contributed by atoms with E-state index < -0.39 is 10.0 Å². The van der Waals surface area contributed by atoms with Crippen LogP contribution in [-0.2, 0) is 10.0 Å². The van der Waals surface area contributed by atoms with Crippen molar-refractivity contribution in [3.05, 3.63) is 30.4 Å². The predicted octanol–water partition coefficient (Wildman–Crippen LogP) is 1.38. The average molecular weight is 412 g/mol. The highest BCUT2D eigenvalue weighted by atomic mass is 32.2. The van der Waals surface area contributed by atoms with Crippen molar-refractivity contribution < 1.29 is 22.7 Å². The maximum absolute atomic E-state index is 12.7. The Labute approximate surface area is 166 Å². The highest BCUT2D eigenvalue weighted by molar-refractivity contribution is 7.89. The number of hydrogen-bond donors (Lipinski definition) is 2. The number of sulfonamides is 1. The van der Waals surface area contributed by atoms with Gasteiger partial charge >= 0.3 is 0 Å². The van der Waals surface area contributed by atoms with Crippen LogP contribution in [0.4, 0.5) is 0 Å². The summed E-state index contributed by atoms with van der Waals surface area (Å²) in [4.78, 5) is 14.8. The maximum Gasteiger partial charge on any atom is 0.251 e. The van der Waals surface area contributed by atoms with E-state index in [4.69, 9.17) is 9.47 Å². The number of rotatable bonds is 10. The zero-order valence-electron chi connectivity index (χ0n) is 16.7. The number of carbonyl (C=O) groups excluding carboxylic acids is 1. The quantitative estimate of drug-likeness (QED) is 0.565. The minimum atomic E-state index is -3.84. The second-order valence-corrected chi connectivity index (χ2v) is 8.24. The third-order valence-corrected chi connectivity index (χ3v) is 6.24. The standard InChI is InChI=1S/C19H29N3O5S/c1-5-9-22-10-7-8-15(22)13-20-19(23)14-11-16(26-3)18(27-4)17(12-14)28(24,25)21-6-2/h5,11-12,15,21H,1,6-10,13H2,2-4H3,(H,20,23). The number of hydrogen-bond acceptors (Lipinski definition) is 6. The Morgan fingerprint density at radius 3 is 2.71 bits per heavy atom. The molecule has 0 spiro atoms. The summed E-state index contributed by atoms with van der Waals surface area (Å²) in [6, 6.07) is 3.03. The van der Waals surface area contributed by atoms with Gasteiger partial charge in [0.15, 0.2) is 11.5 Å². The highest BCUT2D eigenvalue weighted by Crippen LogP contribution is 2.35. The van der Waals surface area contributed by atoms with Gasteiger partial charge in [0.05, 0.1) is 14.2 Å². The second kappa shape index (κ2) is 9.90. The second-order valence-electron chi connectivity index (χ2n) is 6.50. The first-order valence-corrected chi connectivity index (χ1v) is 10.7. The number of ether oxygens (including phenoxy) is 2. The number of methoxy groups -OCH3 is 2. The summed E-state index contributed by atoms with van der Waals surface area (Å²) >= 11 is 0. The Balaban J connectivity index is 2.26. The topological polar surface area (TPSA) is 97.0 Å². The lowest BCUT2D eigenvalue weighted by Gasteiger charge is -2.23. The van der Waals surface area contributed by atoms with Crippen LogP contribution < -0.4 is 19.5 Å². The summed E-state index contributed by atoms with van der Waals surface area (Å²) in [5, 5.41) is 2.90. The number of carbonyl (C=O) groups is 1. The molecule has 1 aromatic carbocycles. The van der Waals surface area contributed by atoms with Crippen LogP contribution in [0, 0.1) is 0 Å². The van der Waals surface area contributed by atoms with Crippen molar-refractivity contribution in [1.82, 2.24) is 14.9 Å². The van der Waals surface area contributed by atoms with Crippen molar-refractivity contribution in [3.8, 4) is 11.5 Å². The van der Waals surface area contributed by atoms with Gasteiger partial charge in [-0.1, -0.05) is 13.0 Å². The molecule has 1 aromatic rings. The molecule has 8 nitrogen and oxygen atoms in total. The fourth-order valence-corrected chi connectivity index (χ4v) is 4.62. The normalized spacial score (nSPS) is 17.3. The van der Waals surface area contributed by atoms with Crippen LogP contribution >= 0.6 is 0 Å². The van der Waals surface area contributed by atoms with Crippen molar-refractivity contribution in [2.24, 2.45) is 0 Å². The molecule has 0 aliphatic carbocycles. The summed E-state index contributed by atoms with van der Waals surface area (Å²) in [7, 11) is -1.09. The molecule has 1 aliphatic rings. The summed E-state index contributed by atoms with van der Waals surface area (Å²) in [5.74, 6) is -0.118. The van der Waals surface area contributed by atoms with E-state index in [1.54, 1.807) is 6.92 Å². The largest absolute Gasteiger partial charge is 0.493 e. The molecule has 0 aromatic heterocycles. The molecule has 1 saturated heterocycles. The van der Waals surface area contributed by atoms with Crippen LogP contribution in [0.3, 0.4) is 0 Å². The molecule has 1 fully saturated rings. The molecule has 0 saturated carbocycles. The molecule has 0 bridgehead atoms. The minimum absolute atomic E-state index is 0.0629. The Bertz CT molecular complexity index is 810. The van der Waals surface area contributed by atoms with Crippen LogP contribution in [-0.4, -0.2) is 65.7 Å². The number of nitrogens with one attached hydrogen (secondary N) is 2. The van der Waals surface area contributed by atoms with Gasteiger partial charge in [-0.15, -0.1) is 6.58 Å². The first-order chi connectivity index (χ1) is 13.4. The number of benzene rings is 1. The molecule has 9 heteroatoms. The zero-order chi connectivity index (χ0) is 20.7. The third-order valence-electron chi connectivity index (χ3n) is 4.69. The highest BCUT2D eigenvalue weighted by Gasteiger charge is 2.27. The van der Waals surface area contributed by atoms with Gasteiger partial charge in [0, 0.05) is 31.2 Å². The lowest BCUT2D eigenvalue weighted by molar-refractivity contribution is 0.0941. The molecular weight excluding hydrogens is 382 g/mol. The Morgan fingerprint density at radius 2 is 2.11 bits per heavy atom. The first-order valence-electron chi connectivity index (χ1n) is 9.26. The lowest BCUT2D eigenvalue weighted by Crippen LogP contribution is -2.40. The van der Waals surface area contributed by atoms with Crippen molar-refractivity contribution in [1.29, 1.82) is 0 Å². The minimum Gasteiger partial charge on any atom is -0.493 e. The maximum atomic E-state index is 12.7. The number of nitrogens with zero attached hydrogens (tertiary/aromatic N) is 1. The fraction of sp³-hybridized carbons (Fsp3) is 0.526. The van der Waals surface area contributed by atoms with Crippen molar-refractivity contribution in [2.75, 3.05) is 40.4 Å². The van der Waals surface area contributed by atoms with E-state index in [1.807, 2.05) is 6.08 Å². The van der Waals surface area contributed by atoms with Crippen molar-refractivity contribution in [2.45, 2.75) is 30.7 Å². The molecule has 0 radical (unpaired) electrons. The average Bonchev–Trinajstić information content (AvgIpc) is 3.12. The third kappa shape index (κ3) is 5.03. The molecular formula is C19H29N3O5S. The number of likely N-dealkylation sites (tertiary alicyclic amines) is 1. The van der Waals surface area contributed by atoms with Gasteiger partial charge in [0.1, 0.15) is 4.90 Å². The van der Waals surface area contributed by atoms with Crippen LogP contribution in [0.2, 0.25) is 0 Å². The van der Waals surface area contributed by atoms with Gasteiger partial charge in [-0.05, 0) is 31.5 Å². The predicted molar refractivity (Wildman–Crippen MR) is 108 cm³/mol. The van der Waals surface area contributed by atoms with Gasteiger partial charge < -0.3 is 14.8 Å². The molecule has 1 aliphatic heterocycles. The van der Waals surface area contributed by atoms with E-state index in [0.717, 1.165) is 25.9 Å². The summed E-state index contributed by atoms with van der Waals surface area (Å²) in [6.07, 6.45) is 3.93. The first kappa shape index (κ1) is 22.2. The van der Waals surface area contributed by atoms with Gasteiger partial charge in [-0.2, -0.15) is 0 Å². The molecule has 1 atom stereocenters. The summed E-state index contributed by atoms with van der Waals surface area (Å²) < 4.78 is 38.0. The smallest absolute Gasteiger partial charge is 0.251 e. The van der Waals surface area contributed by atoms with Crippen molar-refractivity contribution >= 4 is 15.9 Å². The Kier molecular flexibility index (Phi) is 7.85. The lowest BCUT2D eigenvalue weighted by atomic mass is 10.1. The van der Waals surface area contributed by atoms with E-state index in [-0.39, 0.29) is 40.5 Å². The molecule has 2 rings (SSSR count). The van der Waals surface area contributed by atoms with Gasteiger partial charge in [-0.25, -0.2) is 13.1 Å². The molecule has 156 valence electrons. The summed E-state index contributed by atoms with van der Waals surface area (Å²) in [5.41, 5.74) is 0.197. The molecule has 2 N–H and O–H groups in total.